The van der Waals surface area contributed by atoms with Crippen molar-refractivity contribution in [2.45, 2.75) is 139 Å². The molecule has 2 aromatic carbocycles. The lowest BCUT2D eigenvalue weighted by Crippen LogP contribution is -2.45. The van der Waals surface area contributed by atoms with Gasteiger partial charge in [0.05, 0.1) is 0 Å². The first-order valence-corrected chi connectivity index (χ1v) is 21.0. The van der Waals surface area contributed by atoms with Crippen LogP contribution in [0.5, 0.6) is 0 Å². The molecule has 4 saturated carbocycles. The van der Waals surface area contributed by atoms with E-state index >= 15 is 0 Å². The molecular weight excluding hydrogens is 590 g/mol. The van der Waals surface area contributed by atoms with Crippen LogP contribution in [-0.2, 0) is 19.4 Å². The first-order valence-electron chi connectivity index (χ1n) is 17.8. The summed E-state index contributed by atoms with van der Waals surface area (Å²) in [6.45, 7) is 0. The molecule has 8 heteroatoms. The second-order valence-corrected chi connectivity index (χ2v) is 18.4. The molecule has 0 bridgehead atoms. The van der Waals surface area contributed by atoms with Crippen LogP contribution in [0.2, 0.25) is 0 Å². The lowest BCUT2D eigenvalue weighted by Gasteiger charge is -2.51. The predicted octanol–water partition coefficient (Wildman–Crippen LogP) is 9.91. The summed E-state index contributed by atoms with van der Waals surface area (Å²) in [5.41, 5.74) is 1.46. The Morgan fingerprint density at radius 2 is 0.682 bits per heavy atom. The molecule has 4 aliphatic rings. The van der Waals surface area contributed by atoms with Gasteiger partial charge in [-0.15, -0.1) is 0 Å². The molecule has 0 unspecified atom stereocenters. The summed E-state index contributed by atoms with van der Waals surface area (Å²) in [6.07, 6.45) is 18.8. The Kier molecular flexibility index (Phi) is 9.91. The summed E-state index contributed by atoms with van der Waals surface area (Å²) < 4.78 is 28.4. The summed E-state index contributed by atoms with van der Waals surface area (Å²) in [5.74, 6) is -0.453. The van der Waals surface area contributed by atoms with Gasteiger partial charge in [-0.25, -0.2) is 0 Å². The first-order chi connectivity index (χ1) is 21.1. The highest BCUT2D eigenvalue weighted by atomic mass is 31.2. The molecule has 4 fully saturated rings. The van der Waals surface area contributed by atoms with Crippen LogP contribution in [0.15, 0.2) is 36.4 Å². The smallest absolute Gasteiger partial charge is 0.324 e. The Balaban J connectivity index is 1.65. The van der Waals surface area contributed by atoms with Crippen LogP contribution < -0.4 is 0 Å². The van der Waals surface area contributed by atoms with Gasteiger partial charge in [-0.3, -0.25) is 9.13 Å². The van der Waals surface area contributed by atoms with Gasteiger partial charge >= 0.3 is 15.2 Å². The average Bonchev–Trinajstić information content (AvgIpc) is 3.03. The van der Waals surface area contributed by atoms with Crippen molar-refractivity contribution in [3.63, 3.8) is 0 Å². The molecule has 6 rings (SSSR count). The minimum Gasteiger partial charge on any atom is -0.324 e. The van der Waals surface area contributed by atoms with Crippen molar-refractivity contribution < 1.29 is 28.7 Å². The maximum Gasteiger partial charge on any atom is 0.336 e. The van der Waals surface area contributed by atoms with Crippen molar-refractivity contribution >= 4 is 26.0 Å². The van der Waals surface area contributed by atoms with E-state index in [0.29, 0.717) is 0 Å². The van der Waals surface area contributed by atoms with E-state index in [1.807, 2.05) is 36.4 Å². The molecule has 0 radical (unpaired) electrons. The zero-order valence-corrected chi connectivity index (χ0v) is 28.2. The second kappa shape index (κ2) is 13.2. The zero-order chi connectivity index (χ0) is 31.0. The highest BCUT2D eigenvalue weighted by Gasteiger charge is 2.61. The maximum atomic E-state index is 14.2. The van der Waals surface area contributed by atoms with Crippen molar-refractivity contribution in [3.05, 3.63) is 47.5 Å². The van der Waals surface area contributed by atoms with Crippen LogP contribution in [0, 0.1) is 23.7 Å². The molecule has 2 aromatic rings. The summed E-state index contributed by atoms with van der Waals surface area (Å²) in [4.78, 5) is 46.4. The Morgan fingerprint density at radius 3 is 0.909 bits per heavy atom. The zero-order valence-electron chi connectivity index (χ0n) is 26.4. The first kappa shape index (κ1) is 32.9. The van der Waals surface area contributed by atoms with E-state index < -0.39 is 25.5 Å². The number of hydrogen-bond acceptors (Lipinski definition) is 2. The Hall–Kier alpha value is -1.00. The monoisotopic (exact) mass is 644 g/mol. The Labute approximate surface area is 264 Å². The fourth-order valence-corrected chi connectivity index (χ4v) is 14.9. The molecule has 6 nitrogen and oxygen atoms in total. The molecule has 0 amide bonds. The van der Waals surface area contributed by atoms with E-state index in [-0.39, 0.29) is 23.7 Å². The molecule has 0 aliphatic heterocycles. The number of hydrogen-bond donors (Lipinski definition) is 4. The molecule has 0 spiro atoms. The molecule has 0 heterocycles. The summed E-state index contributed by atoms with van der Waals surface area (Å²) in [5, 5.41) is -0.971. The Bertz CT molecular complexity index is 1230. The average molecular weight is 645 g/mol. The molecule has 0 saturated heterocycles. The topological polar surface area (TPSA) is 115 Å². The predicted molar refractivity (Wildman–Crippen MR) is 178 cm³/mol. The van der Waals surface area contributed by atoms with Gasteiger partial charge in [0.2, 0.25) is 0 Å². The Morgan fingerprint density at radius 1 is 0.432 bits per heavy atom. The fraction of sp³-hybridized carbons (Fsp3) is 0.722. The highest BCUT2D eigenvalue weighted by Crippen LogP contribution is 2.72. The van der Waals surface area contributed by atoms with E-state index in [1.54, 1.807) is 0 Å². The minimum atomic E-state index is -4.66. The SMILES string of the molecule is O=P(O)(O)C(c1cccc2c(C(C3CCCCC3)(C3CCCCC3)P(=O)(O)O)cccc12)(C1CCCCC1)C1CCCCC1. The van der Waals surface area contributed by atoms with E-state index in [0.717, 1.165) is 150 Å². The number of benzene rings is 2. The van der Waals surface area contributed by atoms with Gasteiger partial charge < -0.3 is 19.6 Å². The largest absolute Gasteiger partial charge is 0.336 e. The summed E-state index contributed by atoms with van der Waals surface area (Å²) in [7, 11) is -9.33. The second-order valence-electron chi connectivity index (χ2n) is 14.8. The van der Waals surface area contributed by atoms with Gasteiger partial charge in [0, 0.05) is 0 Å². The van der Waals surface area contributed by atoms with Crippen LogP contribution in [0.4, 0.5) is 0 Å². The summed E-state index contributed by atoms with van der Waals surface area (Å²) >= 11 is 0. The van der Waals surface area contributed by atoms with Crippen LogP contribution in [-0.4, -0.2) is 19.6 Å². The molecule has 44 heavy (non-hydrogen) atoms. The lowest BCUT2D eigenvalue weighted by molar-refractivity contribution is 0.135. The van der Waals surface area contributed by atoms with Crippen LogP contribution in [0.25, 0.3) is 10.8 Å². The van der Waals surface area contributed by atoms with Crippen LogP contribution in [0.3, 0.4) is 0 Å². The molecule has 0 atom stereocenters. The van der Waals surface area contributed by atoms with Gasteiger partial charge in [-0.05, 0) is 96.9 Å². The van der Waals surface area contributed by atoms with Crippen molar-refractivity contribution in [3.8, 4) is 0 Å². The third-order valence-electron chi connectivity index (χ3n) is 12.7. The molecular formula is C36H54O6P2. The number of rotatable bonds is 8. The van der Waals surface area contributed by atoms with Gasteiger partial charge in [-0.2, -0.15) is 0 Å². The van der Waals surface area contributed by atoms with Crippen molar-refractivity contribution in [2.24, 2.45) is 23.7 Å². The van der Waals surface area contributed by atoms with Crippen molar-refractivity contribution in [1.29, 1.82) is 0 Å². The molecule has 244 valence electrons. The quantitative estimate of drug-likeness (QED) is 0.213. The highest BCUT2D eigenvalue weighted by molar-refractivity contribution is 7.53. The minimum absolute atomic E-state index is 0.113. The number of fused-ring (bicyclic) bond motifs is 1. The van der Waals surface area contributed by atoms with E-state index in [9.17, 15) is 28.7 Å². The van der Waals surface area contributed by atoms with Gasteiger partial charge in [0.25, 0.3) is 0 Å². The van der Waals surface area contributed by atoms with Gasteiger partial charge in [0.1, 0.15) is 10.3 Å². The summed E-state index contributed by atoms with van der Waals surface area (Å²) in [6, 6.07) is 11.8. The maximum absolute atomic E-state index is 14.2. The lowest BCUT2D eigenvalue weighted by atomic mass is 9.64. The molecule has 4 aliphatic carbocycles. The van der Waals surface area contributed by atoms with Gasteiger partial charge in [-0.1, -0.05) is 113 Å². The normalized spacial score (nSPS) is 23.3. The van der Waals surface area contributed by atoms with E-state index in [2.05, 4.69) is 0 Å². The van der Waals surface area contributed by atoms with Crippen molar-refractivity contribution in [2.75, 3.05) is 0 Å². The molecule has 4 N–H and O–H groups in total. The molecule has 0 aromatic heterocycles. The van der Waals surface area contributed by atoms with Crippen LogP contribution >= 0.6 is 15.2 Å². The fourth-order valence-electron chi connectivity index (χ4n) is 11.0. The van der Waals surface area contributed by atoms with Crippen LogP contribution in [0.1, 0.15) is 140 Å². The van der Waals surface area contributed by atoms with Crippen molar-refractivity contribution in [1.82, 2.24) is 0 Å². The van der Waals surface area contributed by atoms with E-state index in [4.69, 9.17) is 0 Å². The third kappa shape index (κ3) is 5.52. The van der Waals surface area contributed by atoms with E-state index in [1.165, 1.54) is 0 Å². The third-order valence-corrected chi connectivity index (χ3v) is 16.5. The van der Waals surface area contributed by atoms with Gasteiger partial charge in [0.15, 0.2) is 0 Å². The standard InChI is InChI=1S/C36H54O6P2/c37-43(38,39)35(27-15-5-1-6-16-27,28-17-7-2-8-18-28)33-25-13-24-32-31(33)23-14-26-34(32)36(44(40,41)42,29-19-9-3-10-20-29)30-21-11-4-12-22-30/h13-14,23-30H,1-12,15-22H2,(H2,37,38,39)(H2,40,41,42).